The van der Waals surface area contributed by atoms with Crippen molar-refractivity contribution >= 4 is 11.9 Å². The van der Waals surface area contributed by atoms with E-state index in [0.29, 0.717) is 6.04 Å². The molecule has 1 rings (SSSR count). The van der Waals surface area contributed by atoms with Crippen molar-refractivity contribution in [3.8, 4) is 0 Å². The van der Waals surface area contributed by atoms with Crippen molar-refractivity contribution in [3.63, 3.8) is 0 Å². The molecule has 1 atom stereocenters. The lowest BCUT2D eigenvalue weighted by Crippen LogP contribution is -2.40. The standard InChI is InChI=1S/C9H15NO4/c11-8(12)4-6(9(13)14)5-10-7-2-1-3-7/h6-7,10H,1-5H2,(H,11,12)(H,13,14). The highest BCUT2D eigenvalue weighted by molar-refractivity contribution is 5.77. The van der Waals surface area contributed by atoms with E-state index in [1.165, 1.54) is 6.42 Å². The van der Waals surface area contributed by atoms with Crippen LogP contribution >= 0.6 is 0 Å². The molecular formula is C9H15NO4. The van der Waals surface area contributed by atoms with E-state index >= 15 is 0 Å². The SMILES string of the molecule is O=C(O)CC(CNC1CCC1)C(=O)O. The van der Waals surface area contributed by atoms with Crippen LogP contribution in [-0.4, -0.2) is 34.7 Å². The largest absolute Gasteiger partial charge is 0.481 e. The Morgan fingerprint density at radius 1 is 1.36 bits per heavy atom. The van der Waals surface area contributed by atoms with Crippen LogP contribution in [0, 0.1) is 5.92 Å². The summed E-state index contributed by atoms with van der Waals surface area (Å²) in [5.74, 6) is -2.92. The summed E-state index contributed by atoms with van der Waals surface area (Å²) >= 11 is 0. The Morgan fingerprint density at radius 3 is 2.36 bits per heavy atom. The molecule has 14 heavy (non-hydrogen) atoms. The molecule has 0 aromatic rings. The van der Waals surface area contributed by atoms with Gasteiger partial charge in [-0.1, -0.05) is 6.42 Å². The summed E-state index contributed by atoms with van der Waals surface area (Å²) in [7, 11) is 0. The third-order valence-electron chi connectivity index (χ3n) is 2.53. The van der Waals surface area contributed by atoms with Gasteiger partial charge in [-0.2, -0.15) is 0 Å². The summed E-state index contributed by atoms with van der Waals surface area (Å²) in [5.41, 5.74) is 0. The van der Waals surface area contributed by atoms with E-state index in [9.17, 15) is 9.59 Å². The first-order valence-electron chi connectivity index (χ1n) is 4.77. The van der Waals surface area contributed by atoms with Crippen molar-refractivity contribution in [1.29, 1.82) is 0 Å². The Kier molecular flexibility index (Phi) is 3.88. The van der Waals surface area contributed by atoms with Crippen LogP contribution in [-0.2, 0) is 9.59 Å². The fourth-order valence-electron chi connectivity index (χ4n) is 1.38. The molecule has 0 saturated heterocycles. The molecule has 0 heterocycles. The average Bonchev–Trinajstić information content (AvgIpc) is 1.98. The van der Waals surface area contributed by atoms with E-state index in [0.717, 1.165) is 12.8 Å². The highest BCUT2D eigenvalue weighted by Crippen LogP contribution is 2.18. The maximum atomic E-state index is 10.7. The topological polar surface area (TPSA) is 86.6 Å². The van der Waals surface area contributed by atoms with Gasteiger partial charge in [-0.25, -0.2) is 0 Å². The van der Waals surface area contributed by atoms with Gasteiger partial charge in [-0.3, -0.25) is 9.59 Å². The summed E-state index contributed by atoms with van der Waals surface area (Å²) in [6, 6.07) is 0.394. The predicted molar refractivity (Wildman–Crippen MR) is 49.0 cm³/mol. The second-order valence-corrected chi connectivity index (χ2v) is 3.67. The molecule has 0 bridgehead atoms. The van der Waals surface area contributed by atoms with Gasteiger partial charge in [-0.15, -0.1) is 0 Å². The lowest BCUT2D eigenvalue weighted by atomic mass is 9.92. The molecule has 1 saturated carbocycles. The van der Waals surface area contributed by atoms with E-state index in [-0.39, 0.29) is 13.0 Å². The van der Waals surface area contributed by atoms with E-state index < -0.39 is 17.9 Å². The van der Waals surface area contributed by atoms with E-state index in [1.54, 1.807) is 0 Å². The van der Waals surface area contributed by atoms with Crippen LogP contribution in [0.3, 0.4) is 0 Å². The van der Waals surface area contributed by atoms with Crippen molar-refractivity contribution in [1.82, 2.24) is 5.32 Å². The molecule has 3 N–H and O–H groups in total. The molecule has 5 nitrogen and oxygen atoms in total. The lowest BCUT2D eigenvalue weighted by molar-refractivity contribution is -0.148. The monoisotopic (exact) mass is 201 g/mol. The van der Waals surface area contributed by atoms with E-state index in [4.69, 9.17) is 10.2 Å². The smallest absolute Gasteiger partial charge is 0.308 e. The van der Waals surface area contributed by atoms with Gasteiger partial charge >= 0.3 is 11.9 Å². The minimum Gasteiger partial charge on any atom is -0.481 e. The highest BCUT2D eigenvalue weighted by Gasteiger charge is 2.24. The molecule has 80 valence electrons. The minimum atomic E-state index is -1.06. The predicted octanol–water partition coefficient (Wildman–Crippen LogP) is 0.304. The summed E-state index contributed by atoms with van der Waals surface area (Å²) in [6.45, 7) is 0.256. The Bertz CT molecular complexity index is 225. The van der Waals surface area contributed by atoms with E-state index in [2.05, 4.69) is 5.32 Å². The zero-order valence-corrected chi connectivity index (χ0v) is 7.90. The molecule has 0 spiro atoms. The average molecular weight is 201 g/mol. The quantitative estimate of drug-likeness (QED) is 0.575. The van der Waals surface area contributed by atoms with Crippen LogP contribution in [0.15, 0.2) is 0 Å². The number of nitrogens with one attached hydrogen (secondary N) is 1. The first-order chi connectivity index (χ1) is 6.59. The van der Waals surface area contributed by atoms with Gasteiger partial charge in [0.25, 0.3) is 0 Å². The number of aliphatic carboxylic acids is 2. The molecule has 0 radical (unpaired) electrons. The van der Waals surface area contributed by atoms with Gasteiger partial charge in [0.1, 0.15) is 0 Å². The molecule has 1 aliphatic carbocycles. The van der Waals surface area contributed by atoms with Crippen LogP contribution in [0.1, 0.15) is 25.7 Å². The van der Waals surface area contributed by atoms with Crippen molar-refractivity contribution in [2.75, 3.05) is 6.54 Å². The fraction of sp³-hybridized carbons (Fsp3) is 0.778. The maximum absolute atomic E-state index is 10.7. The Morgan fingerprint density at radius 2 is 2.00 bits per heavy atom. The normalized spacial score (nSPS) is 18.6. The summed E-state index contributed by atoms with van der Waals surface area (Å²) in [5, 5.41) is 20.3. The molecular weight excluding hydrogens is 186 g/mol. The second kappa shape index (κ2) is 4.95. The molecule has 5 heteroatoms. The fourth-order valence-corrected chi connectivity index (χ4v) is 1.38. The van der Waals surface area contributed by atoms with Crippen LogP contribution < -0.4 is 5.32 Å². The Labute approximate surface area is 82.1 Å². The first-order valence-corrected chi connectivity index (χ1v) is 4.77. The third kappa shape index (κ3) is 3.33. The van der Waals surface area contributed by atoms with Gasteiger partial charge in [0.05, 0.1) is 12.3 Å². The van der Waals surface area contributed by atoms with Crippen molar-refractivity contribution in [2.24, 2.45) is 5.92 Å². The van der Waals surface area contributed by atoms with Crippen LogP contribution in [0.25, 0.3) is 0 Å². The van der Waals surface area contributed by atoms with E-state index in [1.807, 2.05) is 0 Å². The number of hydrogen-bond donors (Lipinski definition) is 3. The highest BCUT2D eigenvalue weighted by atomic mass is 16.4. The first kappa shape index (κ1) is 11.0. The second-order valence-electron chi connectivity index (χ2n) is 3.67. The summed E-state index contributed by atoms with van der Waals surface area (Å²) in [6.07, 6.45) is 3.00. The van der Waals surface area contributed by atoms with Crippen molar-refractivity contribution in [3.05, 3.63) is 0 Å². The van der Waals surface area contributed by atoms with Crippen LogP contribution in [0.5, 0.6) is 0 Å². The zero-order valence-electron chi connectivity index (χ0n) is 7.90. The third-order valence-corrected chi connectivity index (χ3v) is 2.53. The molecule has 1 aliphatic rings. The molecule has 0 amide bonds. The maximum Gasteiger partial charge on any atom is 0.308 e. The number of carbonyl (C=O) groups is 2. The molecule has 0 aromatic carbocycles. The molecule has 1 fully saturated rings. The van der Waals surface area contributed by atoms with Crippen LogP contribution in [0.4, 0.5) is 0 Å². The lowest BCUT2D eigenvalue weighted by Gasteiger charge is -2.27. The molecule has 0 aliphatic heterocycles. The van der Waals surface area contributed by atoms with Gasteiger partial charge in [0.2, 0.25) is 0 Å². The summed E-state index contributed by atoms with van der Waals surface area (Å²) < 4.78 is 0. The van der Waals surface area contributed by atoms with Crippen molar-refractivity contribution < 1.29 is 19.8 Å². The number of carboxylic acids is 2. The number of rotatable bonds is 6. The Balaban J connectivity index is 2.26. The summed E-state index contributed by atoms with van der Waals surface area (Å²) in [4.78, 5) is 21.0. The zero-order chi connectivity index (χ0) is 10.6. The molecule has 0 aromatic heterocycles. The van der Waals surface area contributed by atoms with Gasteiger partial charge in [0.15, 0.2) is 0 Å². The number of hydrogen-bond acceptors (Lipinski definition) is 3. The number of carboxylic acid groups (broad SMARTS) is 2. The van der Waals surface area contributed by atoms with Gasteiger partial charge in [0, 0.05) is 12.6 Å². The Hall–Kier alpha value is -1.10. The van der Waals surface area contributed by atoms with Gasteiger partial charge < -0.3 is 15.5 Å². The van der Waals surface area contributed by atoms with Crippen LogP contribution in [0.2, 0.25) is 0 Å². The van der Waals surface area contributed by atoms with Gasteiger partial charge in [-0.05, 0) is 12.8 Å². The minimum absolute atomic E-state index is 0.256. The molecule has 1 unspecified atom stereocenters. The van der Waals surface area contributed by atoms with Crippen molar-refractivity contribution in [2.45, 2.75) is 31.7 Å².